The molecule has 0 spiro atoms. The summed E-state index contributed by atoms with van der Waals surface area (Å²) in [5.74, 6) is -5.64. The number of pyridine rings is 1. The largest absolute Gasteiger partial charge is 0.493 e. The maximum Gasteiger partial charge on any atom is 0.332 e. The van der Waals surface area contributed by atoms with Crippen molar-refractivity contribution in [1.82, 2.24) is 10.3 Å². The summed E-state index contributed by atoms with van der Waals surface area (Å²) in [6.45, 7) is 7.06. The number of rotatable bonds is 12. The van der Waals surface area contributed by atoms with Crippen LogP contribution in [0.1, 0.15) is 51.5 Å². The number of carbonyl (C=O) groups is 5. The molecule has 1 N–H and O–H groups in total. The molecule has 0 aliphatic carbocycles. The Morgan fingerprint density at radius 2 is 1.76 bits per heavy atom. The van der Waals surface area contributed by atoms with Gasteiger partial charge in [0, 0.05) is 26.0 Å². The van der Waals surface area contributed by atoms with Gasteiger partial charge in [-0.05, 0) is 13.3 Å². The third-order valence-electron chi connectivity index (χ3n) is 5.98. The zero-order valence-corrected chi connectivity index (χ0v) is 24.3. The molecular formula is C27H38N2O12. The molecule has 228 valence electrons. The van der Waals surface area contributed by atoms with E-state index in [0.29, 0.717) is 0 Å². The fourth-order valence-electron chi connectivity index (χ4n) is 3.64. The second kappa shape index (κ2) is 15.7. The number of carbonyl (C=O) groups excluding carboxylic acids is 5. The summed E-state index contributed by atoms with van der Waals surface area (Å²) in [4.78, 5) is 67.6. The molecule has 0 radical (unpaired) electrons. The summed E-state index contributed by atoms with van der Waals surface area (Å²) in [7, 11) is 2.78. The molecule has 0 saturated carbocycles. The van der Waals surface area contributed by atoms with Gasteiger partial charge in [-0.1, -0.05) is 27.7 Å². The molecular weight excluding hydrogens is 544 g/mol. The summed E-state index contributed by atoms with van der Waals surface area (Å²) in [5.41, 5.74) is -0.293. The third-order valence-corrected chi connectivity index (χ3v) is 5.98. The van der Waals surface area contributed by atoms with E-state index < -0.39 is 79.2 Å². The van der Waals surface area contributed by atoms with Gasteiger partial charge in [0.1, 0.15) is 12.7 Å². The van der Waals surface area contributed by atoms with Crippen molar-refractivity contribution in [3.05, 3.63) is 18.0 Å². The fourth-order valence-corrected chi connectivity index (χ4v) is 3.64. The average Bonchev–Trinajstić information content (AvgIpc) is 2.96. The summed E-state index contributed by atoms with van der Waals surface area (Å²) in [6, 6.07) is -0.0246. The Labute approximate surface area is 238 Å². The first-order valence-electron chi connectivity index (χ1n) is 13.1. The van der Waals surface area contributed by atoms with Crippen LogP contribution in [0.5, 0.6) is 11.5 Å². The molecule has 1 aliphatic heterocycles. The first-order chi connectivity index (χ1) is 19.4. The number of amides is 1. The highest BCUT2D eigenvalue weighted by molar-refractivity contribution is 5.98. The number of nitrogens with zero attached hydrogens (tertiary/aromatic N) is 1. The minimum atomic E-state index is -1.45. The van der Waals surface area contributed by atoms with Gasteiger partial charge < -0.3 is 38.5 Å². The Hall–Kier alpha value is -3.94. The summed E-state index contributed by atoms with van der Waals surface area (Å²) < 4.78 is 37.3. The lowest BCUT2D eigenvalue weighted by molar-refractivity contribution is -0.177. The van der Waals surface area contributed by atoms with Gasteiger partial charge in [0.05, 0.1) is 24.9 Å². The highest BCUT2D eigenvalue weighted by Gasteiger charge is 2.42. The maximum atomic E-state index is 13.2. The monoisotopic (exact) mass is 582 g/mol. The Kier molecular flexibility index (Phi) is 12.8. The maximum absolute atomic E-state index is 13.2. The number of methoxy groups -OCH3 is 2. The zero-order chi connectivity index (χ0) is 30.7. The summed E-state index contributed by atoms with van der Waals surface area (Å²) in [5, 5.41) is 2.43. The van der Waals surface area contributed by atoms with Gasteiger partial charge in [0.25, 0.3) is 5.91 Å². The SMILES string of the molecule is COCCC1C(=O)OCC(NC(=O)c2nccc(OC)c2OCOC(=O)C(C)C)C(=O)OC(C)C1OC(=O)C(C)C. The standard InChI is InChI=1S/C27H38N2O12/c1-14(2)24(31)39-13-38-22-19(36-7)8-10-28-20(22)23(30)29-18-12-37-26(33)17(9-11-35-6)21(16(5)40-27(18)34)41-25(32)15(3)4/h8,10,14-18,21H,9,11-13H2,1-7H3,(H,29,30). The van der Waals surface area contributed by atoms with Gasteiger partial charge in [0.15, 0.2) is 29.3 Å². The van der Waals surface area contributed by atoms with Gasteiger partial charge in [-0.2, -0.15) is 0 Å². The van der Waals surface area contributed by atoms with E-state index in [2.05, 4.69) is 10.3 Å². The molecule has 1 aromatic rings. The van der Waals surface area contributed by atoms with Crippen molar-refractivity contribution >= 4 is 29.8 Å². The van der Waals surface area contributed by atoms with Gasteiger partial charge in [0.2, 0.25) is 6.79 Å². The van der Waals surface area contributed by atoms with Crippen molar-refractivity contribution in [3.63, 3.8) is 0 Å². The van der Waals surface area contributed by atoms with Crippen LogP contribution in [-0.2, 0) is 42.9 Å². The Morgan fingerprint density at radius 3 is 2.37 bits per heavy atom. The molecule has 2 rings (SSSR count). The van der Waals surface area contributed by atoms with Crippen LogP contribution in [0.15, 0.2) is 12.3 Å². The number of hydrogen-bond acceptors (Lipinski definition) is 13. The van der Waals surface area contributed by atoms with Gasteiger partial charge >= 0.3 is 23.9 Å². The van der Waals surface area contributed by atoms with E-state index in [-0.39, 0.29) is 30.2 Å². The predicted octanol–water partition coefficient (Wildman–Crippen LogP) is 1.43. The molecule has 4 unspecified atom stereocenters. The smallest absolute Gasteiger partial charge is 0.332 e. The number of esters is 4. The normalized spacial score (nSPS) is 21.1. The molecule has 14 heteroatoms. The Morgan fingerprint density at radius 1 is 1.07 bits per heavy atom. The van der Waals surface area contributed by atoms with Gasteiger partial charge in [-0.15, -0.1) is 0 Å². The van der Waals surface area contributed by atoms with Crippen molar-refractivity contribution in [3.8, 4) is 11.5 Å². The van der Waals surface area contributed by atoms with Crippen LogP contribution in [0.25, 0.3) is 0 Å². The number of nitrogens with one attached hydrogen (secondary N) is 1. The molecule has 14 nitrogen and oxygen atoms in total. The number of ether oxygens (including phenoxy) is 7. The molecule has 2 heterocycles. The minimum Gasteiger partial charge on any atom is -0.493 e. The van der Waals surface area contributed by atoms with Gasteiger partial charge in [-0.3, -0.25) is 19.2 Å². The third kappa shape index (κ3) is 9.30. The van der Waals surface area contributed by atoms with E-state index in [0.717, 1.165) is 0 Å². The second-order valence-corrected chi connectivity index (χ2v) is 9.81. The van der Waals surface area contributed by atoms with Crippen LogP contribution in [0.2, 0.25) is 0 Å². The van der Waals surface area contributed by atoms with E-state index in [1.807, 2.05) is 0 Å². The molecule has 1 aromatic heterocycles. The Balaban J connectivity index is 2.29. The van der Waals surface area contributed by atoms with Crippen LogP contribution < -0.4 is 14.8 Å². The van der Waals surface area contributed by atoms with Crippen molar-refractivity contribution in [1.29, 1.82) is 0 Å². The van der Waals surface area contributed by atoms with Crippen molar-refractivity contribution in [2.75, 3.05) is 34.2 Å². The van der Waals surface area contributed by atoms with E-state index in [4.69, 9.17) is 33.2 Å². The second-order valence-electron chi connectivity index (χ2n) is 9.81. The molecule has 4 atom stereocenters. The minimum absolute atomic E-state index is 0.110. The first-order valence-corrected chi connectivity index (χ1v) is 13.1. The van der Waals surface area contributed by atoms with E-state index >= 15 is 0 Å². The fraction of sp³-hybridized carbons (Fsp3) is 0.630. The zero-order valence-electron chi connectivity index (χ0n) is 24.3. The van der Waals surface area contributed by atoms with E-state index in [1.165, 1.54) is 33.4 Å². The molecule has 0 bridgehead atoms. The molecule has 1 saturated heterocycles. The lowest BCUT2D eigenvalue weighted by atomic mass is 9.95. The highest BCUT2D eigenvalue weighted by atomic mass is 16.7. The lowest BCUT2D eigenvalue weighted by Crippen LogP contribution is -2.47. The summed E-state index contributed by atoms with van der Waals surface area (Å²) >= 11 is 0. The molecule has 1 amide bonds. The summed E-state index contributed by atoms with van der Waals surface area (Å²) in [6.07, 6.45) is -0.820. The molecule has 1 fully saturated rings. The van der Waals surface area contributed by atoms with Crippen molar-refractivity contribution in [2.24, 2.45) is 17.8 Å². The van der Waals surface area contributed by atoms with E-state index in [9.17, 15) is 24.0 Å². The average molecular weight is 583 g/mol. The molecule has 0 aromatic carbocycles. The highest BCUT2D eigenvalue weighted by Crippen LogP contribution is 2.30. The van der Waals surface area contributed by atoms with Crippen LogP contribution in [0.4, 0.5) is 0 Å². The Bertz CT molecular complexity index is 1090. The number of hydrogen-bond donors (Lipinski definition) is 1. The van der Waals surface area contributed by atoms with Crippen LogP contribution in [0, 0.1) is 17.8 Å². The molecule has 41 heavy (non-hydrogen) atoms. The number of cyclic esters (lactones) is 2. The predicted molar refractivity (Wildman–Crippen MR) is 140 cm³/mol. The lowest BCUT2D eigenvalue weighted by Gasteiger charge is -2.29. The first kappa shape index (κ1) is 33.3. The van der Waals surface area contributed by atoms with E-state index in [1.54, 1.807) is 27.7 Å². The topological polar surface area (TPSA) is 175 Å². The van der Waals surface area contributed by atoms with Crippen LogP contribution in [0.3, 0.4) is 0 Å². The van der Waals surface area contributed by atoms with Crippen molar-refractivity contribution in [2.45, 2.75) is 59.3 Å². The quantitative estimate of drug-likeness (QED) is 0.213. The van der Waals surface area contributed by atoms with Crippen LogP contribution >= 0.6 is 0 Å². The van der Waals surface area contributed by atoms with Crippen LogP contribution in [-0.4, -0.2) is 87.2 Å². The van der Waals surface area contributed by atoms with Gasteiger partial charge in [-0.25, -0.2) is 9.78 Å². The molecule has 1 aliphatic rings. The van der Waals surface area contributed by atoms with Crippen molar-refractivity contribution < 1.29 is 57.1 Å². The number of aromatic nitrogens is 1.